The summed E-state index contributed by atoms with van der Waals surface area (Å²) in [6.45, 7) is 22.7. The Hall–Kier alpha value is -1.64. The molecule has 0 bridgehead atoms. The van der Waals surface area contributed by atoms with E-state index >= 15 is 0 Å². The van der Waals surface area contributed by atoms with Crippen LogP contribution in [0.2, 0.25) is 0 Å². The zero-order valence-electron chi connectivity index (χ0n) is 12.3. The smallest absolute Gasteiger partial charge is 0.0996 e. The highest BCUT2D eigenvalue weighted by Crippen LogP contribution is 2.03. The van der Waals surface area contributed by atoms with Gasteiger partial charge in [-0.15, -0.1) is 32.0 Å². The van der Waals surface area contributed by atoms with Crippen LogP contribution in [0.25, 0.3) is 0 Å². The number of rotatable bonds is 12. The predicted octanol–water partition coefficient (Wildman–Crippen LogP) is 3.47. The molecule has 0 saturated heterocycles. The van der Waals surface area contributed by atoms with Crippen LogP contribution in [0.3, 0.4) is 0 Å². The van der Waals surface area contributed by atoms with Gasteiger partial charge in [0.25, 0.3) is 0 Å². The lowest BCUT2D eigenvalue weighted by molar-refractivity contribution is -0.0408. The lowest BCUT2D eigenvalue weighted by atomic mass is 10.3. The molecule has 3 nitrogen and oxygen atoms in total. The van der Waals surface area contributed by atoms with Gasteiger partial charge in [0.2, 0.25) is 0 Å². The third kappa shape index (κ3) is 14.4. The zero-order valence-corrected chi connectivity index (χ0v) is 12.3. The maximum absolute atomic E-state index is 5.69. The maximum atomic E-state index is 5.69. The minimum atomic E-state index is -0.176. The van der Waals surface area contributed by atoms with Crippen LogP contribution in [0.1, 0.15) is 0 Å². The highest BCUT2D eigenvalue weighted by Gasteiger charge is 2.11. The molecule has 2 unspecified atom stereocenters. The van der Waals surface area contributed by atoms with Crippen molar-refractivity contribution in [2.24, 2.45) is 0 Å². The molecule has 0 saturated carbocycles. The van der Waals surface area contributed by atoms with E-state index in [-0.39, 0.29) is 12.2 Å². The lowest BCUT2D eigenvalue weighted by Crippen LogP contribution is -2.27. The molecule has 0 aliphatic carbocycles. The second-order valence-corrected chi connectivity index (χ2v) is 3.59. The molecule has 2 atom stereocenters. The minimum absolute atomic E-state index is 0.176. The first-order chi connectivity index (χ1) is 9.69. The first-order valence-electron chi connectivity index (χ1n) is 6.27. The van der Waals surface area contributed by atoms with E-state index in [1.807, 2.05) is 0 Å². The average Bonchev–Trinajstić information content (AvgIpc) is 2.45. The van der Waals surface area contributed by atoms with Crippen LogP contribution in [0.5, 0.6) is 0 Å². The summed E-state index contributed by atoms with van der Waals surface area (Å²) in [5.74, 6) is 0. The molecule has 0 rings (SSSR count). The Balaban J connectivity index is 0. The fourth-order valence-corrected chi connectivity index (χ4v) is 1.09. The van der Waals surface area contributed by atoms with Crippen molar-refractivity contribution in [3.63, 3.8) is 0 Å². The Labute approximate surface area is 123 Å². The van der Waals surface area contributed by atoms with E-state index in [1.54, 1.807) is 24.3 Å². The molecule has 0 aliphatic heterocycles. The first kappa shape index (κ1) is 20.7. The van der Waals surface area contributed by atoms with Crippen LogP contribution < -0.4 is 0 Å². The second kappa shape index (κ2) is 17.4. The second-order valence-electron chi connectivity index (χ2n) is 3.59. The van der Waals surface area contributed by atoms with Gasteiger partial charge in [-0.25, -0.2) is 0 Å². The number of hydrogen-bond acceptors (Lipinski definition) is 3. The molecule has 0 amide bonds. The van der Waals surface area contributed by atoms with E-state index < -0.39 is 0 Å². The Bertz CT molecular complexity index is 277. The molecule has 3 heteroatoms. The zero-order chi connectivity index (χ0) is 15.6. The fraction of sp³-hybridized carbons (Fsp3) is 0.353. The highest BCUT2D eigenvalue weighted by atomic mass is 16.6. The molecule has 0 aromatic rings. The van der Waals surface area contributed by atoms with Crippen molar-refractivity contribution >= 4 is 0 Å². The van der Waals surface area contributed by atoms with E-state index in [1.165, 1.54) is 0 Å². The summed E-state index contributed by atoms with van der Waals surface area (Å²) in [5, 5.41) is 0. The minimum Gasteiger partial charge on any atom is -0.374 e. The van der Waals surface area contributed by atoms with E-state index in [0.717, 1.165) is 0 Å². The third-order valence-electron chi connectivity index (χ3n) is 1.91. The van der Waals surface area contributed by atoms with Gasteiger partial charge in [-0.3, -0.25) is 0 Å². The summed E-state index contributed by atoms with van der Waals surface area (Å²) < 4.78 is 16.3. The molecular weight excluding hydrogens is 252 g/mol. The van der Waals surface area contributed by atoms with Gasteiger partial charge < -0.3 is 14.2 Å². The Morgan fingerprint density at radius 1 is 0.800 bits per heavy atom. The summed E-state index contributed by atoms with van der Waals surface area (Å²) in [6.07, 6.45) is 6.44. The van der Waals surface area contributed by atoms with Crippen molar-refractivity contribution in [3.8, 4) is 0 Å². The van der Waals surface area contributed by atoms with Crippen LogP contribution in [0.15, 0.2) is 69.5 Å². The van der Waals surface area contributed by atoms with Crippen LogP contribution in [0.4, 0.5) is 0 Å². The quantitative estimate of drug-likeness (QED) is 0.311. The largest absolute Gasteiger partial charge is 0.374 e. The Morgan fingerprint density at radius 2 is 1.15 bits per heavy atom. The van der Waals surface area contributed by atoms with Crippen LogP contribution in [-0.4, -0.2) is 38.6 Å². The molecule has 20 heavy (non-hydrogen) atoms. The summed E-state index contributed by atoms with van der Waals surface area (Å²) in [5.41, 5.74) is 2.25. The van der Waals surface area contributed by atoms with Crippen molar-refractivity contribution < 1.29 is 14.2 Å². The SMILES string of the molecule is C=C=C.C=CCOCC(C=C)OC(C=C)COCC=C. The van der Waals surface area contributed by atoms with Crippen molar-refractivity contribution in [3.05, 3.63) is 69.5 Å². The van der Waals surface area contributed by atoms with E-state index in [4.69, 9.17) is 14.2 Å². The summed E-state index contributed by atoms with van der Waals surface area (Å²) >= 11 is 0. The molecule has 0 aromatic heterocycles. The normalized spacial score (nSPS) is 12.0. The van der Waals surface area contributed by atoms with Crippen LogP contribution in [0, 0.1) is 0 Å². The number of ether oxygens (including phenoxy) is 3. The van der Waals surface area contributed by atoms with Gasteiger partial charge in [0, 0.05) is 0 Å². The van der Waals surface area contributed by atoms with Crippen molar-refractivity contribution in [2.45, 2.75) is 12.2 Å². The van der Waals surface area contributed by atoms with E-state index in [0.29, 0.717) is 26.4 Å². The molecular formula is C17H26O3. The molecule has 0 aromatic carbocycles. The van der Waals surface area contributed by atoms with Crippen LogP contribution >= 0.6 is 0 Å². The topological polar surface area (TPSA) is 27.7 Å². The molecule has 112 valence electrons. The van der Waals surface area contributed by atoms with Crippen molar-refractivity contribution in [1.82, 2.24) is 0 Å². The van der Waals surface area contributed by atoms with Gasteiger partial charge >= 0.3 is 0 Å². The lowest BCUT2D eigenvalue weighted by Gasteiger charge is -2.20. The molecule has 0 spiro atoms. The number of hydrogen-bond donors (Lipinski definition) is 0. The van der Waals surface area contributed by atoms with Crippen LogP contribution in [-0.2, 0) is 14.2 Å². The van der Waals surface area contributed by atoms with Gasteiger partial charge in [0.1, 0.15) is 0 Å². The molecule has 0 aliphatic rings. The molecule has 0 N–H and O–H groups in total. The highest BCUT2D eigenvalue weighted by molar-refractivity contribution is 4.87. The van der Waals surface area contributed by atoms with E-state index in [2.05, 4.69) is 45.2 Å². The standard InChI is InChI=1S/C14H22O3.C3H4/c1-5-9-15-11-13(7-3)17-14(8-4)12-16-10-6-2;1-3-2/h5-8,13-14H,1-4,9-12H2;1-2H2. The summed E-state index contributed by atoms with van der Waals surface area (Å²) in [4.78, 5) is 0. The summed E-state index contributed by atoms with van der Waals surface area (Å²) in [7, 11) is 0. The molecule has 0 radical (unpaired) electrons. The monoisotopic (exact) mass is 278 g/mol. The maximum Gasteiger partial charge on any atom is 0.0996 e. The van der Waals surface area contributed by atoms with Gasteiger partial charge in [0.05, 0.1) is 38.6 Å². The van der Waals surface area contributed by atoms with Gasteiger partial charge in [-0.2, -0.15) is 0 Å². The van der Waals surface area contributed by atoms with Gasteiger partial charge in [-0.05, 0) is 0 Å². The fourth-order valence-electron chi connectivity index (χ4n) is 1.09. The van der Waals surface area contributed by atoms with Gasteiger partial charge in [-0.1, -0.05) is 37.5 Å². The van der Waals surface area contributed by atoms with Crippen molar-refractivity contribution in [2.75, 3.05) is 26.4 Å². The van der Waals surface area contributed by atoms with Crippen molar-refractivity contribution in [1.29, 1.82) is 0 Å². The van der Waals surface area contributed by atoms with E-state index in [9.17, 15) is 0 Å². The Kier molecular flexibility index (Phi) is 17.9. The first-order valence-corrected chi connectivity index (χ1v) is 6.27. The Morgan fingerprint density at radius 3 is 1.40 bits per heavy atom. The summed E-state index contributed by atoms with van der Waals surface area (Å²) in [6, 6.07) is 0. The molecule has 0 fully saturated rings. The third-order valence-corrected chi connectivity index (χ3v) is 1.91. The predicted molar refractivity (Wildman–Crippen MR) is 85.9 cm³/mol. The molecule has 0 heterocycles. The van der Waals surface area contributed by atoms with Gasteiger partial charge in [0.15, 0.2) is 0 Å². The average molecular weight is 278 g/mol.